The fourth-order valence-corrected chi connectivity index (χ4v) is 8.68. The van der Waals surface area contributed by atoms with Gasteiger partial charge in [-0.25, -0.2) is 3.63 Å². The Hall–Kier alpha value is -0.370. The first kappa shape index (κ1) is 30.6. The van der Waals surface area contributed by atoms with E-state index in [1.54, 1.807) is 20.8 Å². The molecule has 0 fully saturated rings. The Balaban J connectivity index is 6.29. The predicted molar refractivity (Wildman–Crippen MR) is 102 cm³/mol. The van der Waals surface area contributed by atoms with E-state index in [1.807, 2.05) is 0 Å². The number of rotatable bonds is 15. The van der Waals surface area contributed by atoms with Crippen LogP contribution in [0.2, 0.25) is 0 Å². The molecule has 3 nitrogen and oxygen atoms in total. The van der Waals surface area contributed by atoms with Crippen molar-refractivity contribution in [2.24, 2.45) is 0 Å². The van der Waals surface area contributed by atoms with E-state index in [-0.39, 0.29) is 30.1 Å². The molecule has 0 radical (unpaired) electrons. The molecular formula is C17H29F9O3S2. The number of hydrogen-bond donors (Lipinski definition) is 0. The molecular weight excluding hydrogens is 487 g/mol. The van der Waals surface area contributed by atoms with Gasteiger partial charge in [-0.2, -0.15) is 47.9 Å². The van der Waals surface area contributed by atoms with Crippen molar-refractivity contribution in [2.75, 3.05) is 17.3 Å². The Morgan fingerprint density at radius 2 is 1.00 bits per heavy atom. The van der Waals surface area contributed by atoms with Gasteiger partial charge in [-0.05, 0) is 19.3 Å². The summed E-state index contributed by atoms with van der Waals surface area (Å²) in [6.07, 6.45) is -4.12. The van der Waals surface area contributed by atoms with Crippen LogP contribution in [-0.4, -0.2) is 49.0 Å². The van der Waals surface area contributed by atoms with Crippen LogP contribution >= 0.6 is 10.3 Å². The minimum Gasteiger partial charge on any atom is -0.215 e. The highest BCUT2D eigenvalue weighted by molar-refractivity contribution is 8.33. The summed E-state index contributed by atoms with van der Waals surface area (Å²) in [5, 5.41) is -6.81. The average Bonchev–Trinajstić information content (AvgIpc) is 2.63. The second-order valence-electron chi connectivity index (χ2n) is 7.18. The molecule has 0 aliphatic carbocycles. The summed E-state index contributed by atoms with van der Waals surface area (Å²) < 4.78 is 148. The van der Waals surface area contributed by atoms with Crippen LogP contribution in [0.4, 0.5) is 39.5 Å². The molecule has 0 amide bonds. The third-order valence-corrected chi connectivity index (χ3v) is 10.4. The standard InChI is InChI=1S/C17H29F9O3S2/c1-4-7-10-13-30(11-8-5-2,12-9-6-3)29-31(27,28)17(25,26)15(20,21)14(18,19)16(22,23)24/h4-13H2,1-3H3. The SMILES string of the molecule is CCCCCS(CCCC)(CCCC)OS(=O)(=O)C(F)(F)C(F)(F)C(F)(F)C(F)(F)F. The van der Waals surface area contributed by atoms with Crippen molar-refractivity contribution in [3.63, 3.8) is 0 Å². The van der Waals surface area contributed by atoms with E-state index in [0.29, 0.717) is 32.1 Å². The summed E-state index contributed by atoms with van der Waals surface area (Å²) in [4.78, 5) is 0. The highest BCUT2D eigenvalue weighted by Crippen LogP contribution is 2.59. The number of unbranched alkanes of at least 4 members (excludes halogenated alkanes) is 4. The van der Waals surface area contributed by atoms with Gasteiger partial charge in [0, 0.05) is 17.3 Å². The van der Waals surface area contributed by atoms with Gasteiger partial charge in [-0.15, -0.1) is 10.3 Å². The van der Waals surface area contributed by atoms with Crippen molar-refractivity contribution in [2.45, 2.75) is 89.0 Å². The Labute approximate surface area is 178 Å². The molecule has 0 saturated carbocycles. The highest BCUT2D eigenvalue weighted by Gasteiger charge is 2.86. The van der Waals surface area contributed by atoms with Crippen LogP contribution in [0.25, 0.3) is 0 Å². The van der Waals surface area contributed by atoms with Crippen molar-refractivity contribution < 1.29 is 51.6 Å². The number of alkyl halides is 9. The molecule has 0 aromatic rings. The lowest BCUT2D eigenvalue weighted by Crippen LogP contribution is -2.63. The van der Waals surface area contributed by atoms with Gasteiger partial charge >= 0.3 is 33.4 Å². The summed E-state index contributed by atoms with van der Waals surface area (Å²) in [6, 6.07) is 0. The van der Waals surface area contributed by atoms with Gasteiger partial charge in [-0.1, -0.05) is 46.5 Å². The molecule has 0 aliphatic rings. The Kier molecular flexibility index (Phi) is 11.0. The molecule has 0 spiro atoms. The highest BCUT2D eigenvalue weighted by atomic mass is 32.3. The second-order valence-corrected chi connectivity index (χ2v) is 12.3. The summed E-state index contributed by atoms with van der Waals surface area (Å²) in [5.41, 5.74) is 0. The molecule has 0 rings (SSSR count). The van der Waals surface area contributed by atoms with Gasteiger partial charge in [0.1, 0.15) is 0 Å². The maximum absolute atomic E-state index is 14.1. The van der Waals surface area contributed by atoms with Crippen LogP contribution in [0.3, 0.4) is 0 Å². The third kappa shape index (κ3) is 6.81. The topological polar surface area (TPSA) is 43.4 Å². The van der Waals surface area contributed by atoms with Gasteiger partial charge in [0.25, 0.3) is 0 Å². The van der Waals surface area contributed by atoms with Crippen molar-refractivity contribution in [3.05, 3.63) is 0 Å². The number of halogens is 9. The van der Waals surface area contributed by atoms with Crippen LogP contribution in [0.15, 0.2) is 0 Å². The molecule has 0 saturated heterocycles. The first-order valence-electron chi connectivity index (χ1n) is 9.81. The van der Waals surface area contributed by atoms with Crippen LogP contribution in [-0.2, 0) is 13.7 Å². The number of hydrogen-bond acceptors (Lipinski definition) is 3. The molecule has 0 unspecified atom stereocenters. The molecule has 14 heteroatoms. The normalized spacial score (nSPS) is 15.4. The van der Waals surface area contributed by atoms with Crippen LogP contribution < -0.4 is 0 Å². The van der Waals surface area contributed by atoms with Gasteiger partial charge in [0.05, 0.1) is 0 Å². The molecule has 0 aliphatic heterocycles. The van der Waals surface area contributed by atoms with E-state index < -0.39 is 43.7 Å². The van der Waals surface area contributed by atoms with Gasteiger partial charge in [-0.3, -0.25) is 0 Å². The Bertz CT molecular complexity index is 642. The smallest absolute Gasteiger partial charge is 0.215 e. The fourth-order valence-electron chi connectivity index (χ4n) is 2.59. The predicted octanol–water partition coefficient (Wildman–Crippen LogP) is 7.27. The molecule has 31 heavy (non-hydrogen) atoms. The molecule has 0 aromatic carbocycles. The van der Waals surface area contributed by atoms with Crippen LogP contribution in [0, 0.1) is 0 Å². The minimum atomic E-state index is -7.30. The lowest BCUT2D eigenvalue weighted by atomic mass is 10.1. The van der Waals surface area contributed by atoms with Gasteiger partial charge < -0.3 is 0 Å². The molecule has 0 atom stereocenters. The quantitative estimate of drug-likeness (QED) is 0.170. The molecule has 0 heterocycles. The Morgan fingerprint density at radius 3 is 1.35 bits per heavy atom. The summed E-state index contributed by atoms with van der Waals surface area (Å²) in [7, 11) is -9.85. The van der Waals surface area contributed by atoms with E-state index >= 15 is 0 Å². The zero-order valence-electron chi connectivity index (χ0n) is 17.5. The van der Waals surface area contributed by atoms with E-state index in [4.69, 9.17) is 0 Å². The zero-order valence-corrected chi connectivity index (χ0v) is 19.1. The zero-order chi connectivity index (χ0) is 24.8. The minimum absolute atomic E-state index is 0.0720. The van der Waals surface area contributed by atoms with Crippen molar-refractivity contribution in [1.82, 2.24) is 0 Å². The molecule has 0 aromatic heterocycles. The fraction of sp³-hybridized carbons (Fsp3) is 1.00. The lowest BCUT2D eigenvalue weighted by molar-refractivity contribution is -0.382. The van der Waals surface area contributed by atoms with E-state index in [2.05, 4.69) is 3.63 Å². The third-order valence-electron chi connectivity index (χ3n) is 4.52. The molecule has 190 valence electrons. The van der Waals surface area contributed by atoms with Crippen molar-refractivity contribution in [1.29, 1.82) is 0 Å². The second kappa shape index (κ2) is 11.2. The van der Waals surface area contributed by atoms with E-state index in [9.17, 15) is 47.9 Å². The maximum atomic E-state index is 14.1. The maximum Gasteiger partial charge on any atom is 0.460 e. The largest absolute Gasteiger partial charge is 0.460 e. The van der Waals surface area contributed by atoms with E-state index in [0.717, 1.165) is 0 Å². The molecule has 0 bridgehead atoms. The molecule has 0 N–H and O–H groups in total. The summed E-state index contributed by atoms with van der Waals surface area (Å²) in [5.74, 6) is -14.8. The van der Waals surface area contributed by atoms with Crippen LogP contribution in [0.1, 0.15) is 65.7 Å². The first-order chi connectivity index (χ1) is 13.9. The average molecular weight is 517 g/mol. The monoisotopic (exact) mass is 516 g/mol. The Morgan fingerprint density at radius 1 is 0.613 bits per heavy atom. The summed E-state index contributed by atoms with van der Waals surface area (Å²) >= 11 is 0. The van der Waals surface area contributed by atoms with Gasteiger partial charge in [0.2, 0.25) is 0 Å². The van der Waals surface area contributed by atoms with E-state index in [1.165, 1.54) is 0 Å². The van der Waals surface area contributed by atoms with Crippen LogP contribution in [0.5, 0.6) is 0 Å². The lowest BCUT2D eigenvalue weighted by Gasteiger charge is -2.41. The first-order valence-corrected chi connectivity index (χ1v) is 13.3. The van der Waals surface area contributed by atoms with Gasteiger partial charge in [0.15, 0.2) is 0 Å². The summed E-state index contributed by atoms with van der Waals surface area (Å²) in [6.45, 7) is 5.18. The van der Waals surface area contributed by atoms with Crippen molar-refractivity contribution >= 4 is 20.4 Å². The van der Waals surface area contributed by atoms with Crippen molar-refractivity contribution in [3.8, 4) is 0 Å².